The average molecular weight is 310 g/mol. The van der Waals surface area contributed by atoms with Gasteiger partial charge in [-0.2, -0.15) is 5.10 Å². The van der Waals surface area contributed by atoms with Crippen molar-refractivity contribution in [3.05, 3.63) is 29.8 Å². The van der Waals surface area contributed by atoms with Crippen LogP contribution in [0, 0.1) is 0 Å². The number of carbonyl (C=O) groups excluding carboxylic acids is 2. The van der Waals surface area contributed by atoms with Crippen molar-refractivity contribution in [1.82, 2.24) is 5.43 Å². The van der Waals surface area contributed by atoms with Gasteiger partial charge in [0.05, 0.1) is 11.6 Å². The first-order chi connectivity index (χ1) is 10.1. The largest absolute Gasteiger partial charge is 0.445 e. The Labute approximate surface area is 127 Å². The lowest BCUT2D eigenvalue weighted by Crippen LogP contribution is -2.25. The number of hydrogen-bond donors (Lipinski definition) is 2. The van der Waals surface area contributed by atoms with E-state index in [-0.39, 0.29) is 17.9 Å². The Hall–Kier alpha value is -2.08. The summed E-state index contributed by atoms with van der Waals surface area (Å²) in [5.74, 6) is 0.172. The Morgan fingerprint density at radius 1 is 1.43 bits per heavy atom. The molecule has 1 aromatic carbocycles. The molecule has 112 valence electrons. The van der Waals surface area contributed by atoms with Gasteiger partial charge in [-0.05, 0) is 24.6 Å². The smallest absolute Gasteiger partial charge is 0.411 e. The highest BCUT2D eigenvalue weighted by molar-refractivity contribution is 6.18. The molecule has 1 heterocycles. The van der Waals surface area contributed by atoms with Crippen LogP contribution in [0.1, 0.15) is 25.3 Å². The number of hydrogen-bond acceptors (Lipinski definition) is 4. The minimum Gasteiger partial charge on any atom is -0.445 e. The highest BCUT2D eigenvalue weighted by Crippen LogP contribution is 2.14. The summed E-state index contributed by atoms with van der Waals surface area (Å²) < 4.78 is 5.01. The molecule has 2 N–H and O–H groups in total. The molecule has 0 fully saturated rings. The number of carbonyl (C=O) groups is 2. The molecule has 0 radical (unpaired) electrons. The van der Waals surface area contributed by atoms with Crippen LogP contribution in [-0.4, -0.2) is 29.7 Å². The number of anilines is 1. The van der Waals surface area contributed by atoms with Gasteiger partial charge in [-0.25, -0.2) is 10.2 Å². The second-order valence-corrected chi connectivity index (χ2v) is 4.97. The zero-order valence-corrected chi connectivity index (χ0v) is 12.3. The molecule has 21 heavy (non-hydrogen) atoms. The predicted octanol–water partition coefficient (Wildman–Crippen LogP) is 2.48. The van der Waals surface area contributed by atoms with Crippen LogP contribution in [0.5, 0.6) is 0 Å². The molecule has 0 spiro atoms. The minimum absolute atomic E-state index is 0.0757. The molecule has 1 atom stereocenters. The van der Waals surface area contributed by atoms with Crippen LogP contribution in [0.2, 0.25) is 0 Å². The summed E-state index contributed by atoms with van der Waals surface area (Å²) in [4.78, 5) is 22.6. The zero-order chi connectivity index (χ0) is 15.2. The van der Waals surface area contributed by atoms with E-state index in [0.29, 0.717) is 18.5 Å². The summed E-state index contributed by atoms with van der Waals surface area (Å²) in [7, 11) is 0. The molecule has 1 aromatic rings. The van der Waals surface area contributed by atoms with E-state index < -0.39 is 6.09 Å². The van der Waals surface area contributed by atoms with Gasteiger partial charge in [0, 0.05) is 18.5 Å². The maximum Gasteiger partial charge on any atom is 0.411 e. The molecular formula is C14H16ClN3O3. The van der Waals surface area contributed by atoms with Crippen LogP contribution >= 0.6 is 11.6 Å². The van der Waals surface area contributed by atoms with Crippen molar-refractivity contribution in [3.63, 3.8) is 0 Å². The van der Waals surface area contributed by atoms with Gasteiger partial charge >= 0.3 is 6.09 Å². The van der Waals surface area contributed by atoms with Crippen molar-refractivity contribution in [2.75, 3.05) is 11.2 Å². The molecule has 0 aliphatic carbocycles. The third-order valence-corrected chi connectivity index (χ3v) is 3.33. The average Bonchev–Trinajstić information content (AvgIpc) is 2.48. The lowest BCUT2D eigenvalue weighted by Gasteiger charge is -2.13. The Bertz CT molecular complexity index is 557. The van der Waals surface area contributed by atoms with Crippen molar-refractivity contribution in [2.24, 2.45) is 5.10 Å². The van der Waals surface area contributed by atoms with Crippen LogP contribution in [0.3, 0.4) is 0 Å². The standard InChI is InChI=1S/C14H16ClN3O3/c1-9(8-15)21-14(20)16-11-4-2-10(3-5-11)12-6-7-13(19)18-17-12/h2-5,9H,6-8H2,1H3,(H,16,20)(H,18,19). The number of amides is 2. The molecule has 2 rings (SSSR count). The van der Waals surface area contributed by atoms with E-state index in [9.17, 15) is 9.59 Å². The number of benzene rings is 1. The highest BCUT2D eigenvalue weighted by Gasteiger charge is 2.13. The summed E-state index contributed by atoms with van der Waals surface area (Å²) in [6, 6.07) is 7.16. The zero-order valence-electron chi connectivity index (χ0n) is 11.6. The second-order valence-electron chi connectivity index (χ2n) is 4.67. The number of halogens is 1. The Morgan fingerprint density at radius 3 is 2.71 bits per heavy atom. The van der Waals surface area contributed by atoms with Crippen molar-refractivity contribution in [3.8, 4) is 0 Å². The topological polar surface area (TPSA) is 79.8 Å². The van der Waals surface area contributed by atoms with Gasteiger partial charge < -0.3 is 4.74 Å². The van der Waals surface area contributed by atoms with Crippen molar-refractivity contribution in [2.45, 2.75) is 25.9 Å². The third-order valence-electron chi connectivity index (χ3n) is 2.89. The number of nitrogens with one attached hydrogen (secondary N) is 2. The second kappa shape index (κ2) is 7.08. The Morgan fingerprint density at radius 2 is 2.14 bits per heavy atom. The normalized spacial score (nSPS) is 15.7. The highest BCUT2D eigenvalue weighted by atomic mass is 35.5. The fraction of sp³-hybridized carbons (Fsp3) is 0.357. The summed E-state index contributed by atoms with van der Waals surface area (Å²) >= 11 is 5.57. The van der Waals surface area contributed by atoms with E-state index in [2.05, 4.69) is 15.8 Å². The van der Waals surface area contributed by atoms with Crippen LogP contribution in [0.25, 0.3) is 0 Å². The number of ether oxygens (including phenoxy) is 1. The molecule has 0 aromatic heterocycles. The molecule has 2 amide bonds. The van der Waals surface area contributed by atoms with E-state index in [1.54, 1.807) is 19.1 Å². The van der Waals surface area contributed by atoms with E-state index in [4.69, 9.17) is 16.3 Å². The van der Waals surface area contributed by atoms with E-state index in [0.717, 1.165) is 11.3 Å². The van der Waals surface area contributed by atoms with Crippen LogP contribution in [-0.2, 0) is 9.53 Å². The van der Waals surface area contributed by atoms with Gasteiger partial charge in [-0.15, -0.1) is 11.6 Å². The van der Waals surface area contributed by atoms with Crippen LogP contribution < -0.4 is 10.7 Å². The lowest BCUT2D eigenvalue weighted by atomic mass is 10.0. The van der Waals surface area contributed by atoms with Gasteiger partial charge in [0.2, 0.25) is 5.91 Å². The fourth-order valence-corrected chi connectivity index (χ4v) is 1.85. The van der Waals surface area contributed by atoms with E-state index in [1.165, 1.54) is 0 Å². The van der Waals surface area contributed by atoms with Crippen molar-refractivity contribution < 1.29 is 14.3 Å². The summed E-state index contributed by atoms with van der Waals surface area (Å²) in [5.41, 5.74) is 4.79. The predicted molar refractivity (Wildman–Crippen MR) is 80.6 cm³/mol. The minimum atomic E-state index is -0.543. The molecule has 1 aliphatic rings. The van der Waals surface area contributed by atoms with Crippen LogP contribution in [0.15, 0.2) is 29.4 Å². The molecule has 0 saturated carbocycles. The SMILES string of the molecule is CC(CCl)OC(=O)Nc1ccc(C2=NNC(=O)CC2)cc1. The first kappa shape index (κ1) is 15.3. The first-order valence-corrected chi connectivity index (χ1v) is 7.11. The number of rotatable bonds is 4. The lowest BCUT2D eigenvalue weighted by molar-refractivity contribution is -0.121. The first-order valence-electron chi connectivity index (χ1n) is 6.58. The molecule has 1 unspecified atom stereocenters. The van der Waals surface area contributed by atoms with Gasteiger partial charge in [-0.3, -0.25) is 10.1 Å². The Balaban J connectivity index is 1.96. The van der Waals surface area contributed by atoms with Crippen LogP contribution in [0.4, 0.5) is 10.5 Å². The summed E-state index contributed by atoms with van der Waals surface area (Å²) in [6.07, 6.45) is 0.152. The van der Waals surface area contributed by atoms with Gasteiger partial charge in [-0.1, -0.05) is 12.1 Å². The quantitative estimate of drug-likeness (QED) is 0.839. The molecule has 0 bridgehead atoms. The summed E-state index contributed by atoms with van der Waals surface area (Å²) in [6.45, 7) is 1.71. The van der Waals surface area contributed by atoms with Gasteiger partial charge in [0.1, 0.15) is 6.10 Å². The molecule has 7 heteroatoms. The van der Waals surface area contributed by atoms with Gasteiger partial charge in [0.25, 0.3) is 0 Å². The monoisotopic (exact) mass is 309 g/mol. The van der Waals surface area contributed by atoms with Crippen molar-refractivity contribution in [1.29, 1.82) is 0 Å². The maximum atomic E-state index is 11.5. The molecule has 1 aliphatic heterocycles. The molecule has 6 nitrogen and oxygen atoms in total. The third kappa shape index (κ3) is 4.46. The number of nitrogens with zero attached hydrogens (tertiary/aromatic N) is 1. The van der Waals surface area contributed by atoms with E-state index in [1.807, 2.05) is 12.1 Å². The maximum absolute atomic E-state index is 11.5. The van der Waals surface area contributed by atoms with Crippen molar-refractivity contribution >= 4 is 35.0 Å². The molecular weight excluding hydrogens is 294 g/mol. The fourth-order valence-electron chi connectivity index (χ4n) is 1.79. The number of hydrazone groups is 1. The Kier molecular flexibility index (Phi) is 5.16. The number of alkyl halides is 1. The molecule has 0 saturated heterocycles. The van der Waals surface area contributed by atoms with E-state index >= 15 is 0 Å². The summed E-state index contributed by atoms with van der Waals surface area (Å²) in [5, 5.41) is 6.63. The van der Waals surface area contributed by atoms with Gasteiger partial charge in [0.15, 0.2) is 0 Å².